The number of carbonyl (C=O) groups excluding carboxylic acids is 1. The molecular formula is C23H26N2O2. The number of rotatable bonds is 4. The molecule has 2 aromatic carbocycles. The van der Waals surface area contributed by atoms with Crippen LogP contribution < -0.4 is 5.32 Å². The van der Waals surface area contributed by atoms with Gasteiger partial charge in [-0.1, -0.05) is 11.6 Å². The Hall–Kier alpha value is -2.75. The number of esters is 1. The summed E-state index contributed by atoms with van der Waals surface area (Å²) in [5.74, 6) is -0.270. The zero-order valence-corrected chi connectivity index (χ0v) is 16.2. The molecule has 4 heteroatoms. The van der Waals surface area contributed by atoms with Crippen LogP contribution in [0.25, 0.3) is 10.9 Å². The van der Waals surface area contributed by atoms with Crippen molar-refractivity contribution >= 4 is 22.6 Å². The minimum Gasteiger partial charge on any atom is -0.462 e. The first kappa shape index (κ1) is 17.7. The van der Waals surface area contributed by atoms with Crippen LogP contribution in [0.5, 0.6) is 0 Å². The van der Waals surface area contributed by atoms with E-state index >= 15 is 0 Å². The lowest BCUT2D eigenvalue weighted by molar-refractivity contribution is 0.0526. The fourth-order valence-electron chi connectivity index (χ4n) is 4.24. The van der Waals surface area contributed by atoms with Crippen molar-refractivity contribution in [2.45, 2.75) is 39.2 Å². The number of aromatic nitrogens is 1. The third-order valence-electron chi connectivity index (χ3n) is 5.50. The van der Waals surface area contributed by atoms with Crippen molar-refractivity contribution in [1.82, 2.24) is 4.57 Å². The average molecular weight is 362 g/mol. The van der Waals surface area contributed by atoms with E-state index in [4.69, 9.17) is 4.74 Å². The minimum atomic E-state index is -0.270. The first-order chi connectivity index (χ1) is 13.1. The first-order valence-corrected chi connectivity index (χ1v) is 9.70. The molecule has 27 heavy (non-hydrogen) atoms. The molecule has 1 heterocycles. The van der Waals surface area contributed by atoms with Crippen LogP contribution in [0.4, 0.5) is 5.69 Å². The third kappa shape index (κ3) is 3.20. The van der Waals surface area contributed by atoms with Crippen LogP contribution in [0.15, 0.2) is 42.5 Å². The summed E-state index contributed by atoms with van der Waals surface area (Å²) in [5, 5.41) is 5.06. The summed E-state index contributed by atoms with van der Waals surface area (Å²) in [7, 11) is 2.17. The van der Waals surface area contributed by atoms with Gasteiger partial charge in [-0.15, -0.1) is 0 Å². The average Bonchev–Trinajstić information content (AvgIpc) is 2.95. The maximum Gasteiger partial charge on any atom is 0.338 e. The number of hydrogen-bond acceptors (Lipinski definition) is 3. The largest absolute Gasteiger partial charge is 0.462 e. The van der Waals surface area contributed by atoms with Gasteiger partial charge in [0, 0.05) is 29.3 Å². The number of benzene rings is 2. The number of anilines is 1. The molecule has 0 saturated carbocycles. The van der Waals surface area contributed by atoms with E-state index in [1.165, 1.54) is 34.1 Å². The Morgan fingerprint density at radius 2 is 2.00 bits per heavy atom. The van der Waals surface area contributed by atoms with Gasteiger partial charge in [0.15, 0.2) is 0 Å². The van der Waals surface area contributed by atoms with Crippen molar-refractivity contribution in [3.8, 4) is 0 Å². The Morgan fingerprint density at radius 3 is 2.74 bits per heavy atom. The van der Waals surface area contributed by atoms with Gasteiger partial charge in [-0.05, 0) is 75.1 Å². The van der Waals surface area contributed by atoms with Crippen molar-refractivity contribution < 1.29 is 9.53 Å². The minimum absolute atomic E-state index is 0.270. The molecule has 0 fully saturated rings. The summed E-state index contributed by atoms with van der Waals surface area (Å²) >= 11 is 0. The zero-order valence-electron chi connectivity index (χ0n) is 16.2. The van der Waals surface area contributed by atoms with Gasteiger partial charge in [0.25, 0.3) is 0 Å². The number of nitrogens with one attached hydrogen (secondary N) is 1. The highest BCUT2D eigenvalue weighted by molar-refractivity contribution is 5.90. The predicted molar refractivity (Wildman–Crippen MR) is 109 cm³/mol. The van der Waals surface area contributed by atoms with Crippen molar-refractivity contribution in [3.63, 3.8) is 0 Å². The van der Waals surface area contributed by atoms with E-state index in [0.717, 1.165) is 18.5 Å². The quantitative estimate of drug-likeness (QED) is 0.653. The fourth-order valence-corrected chi connectivity index (χ4v) is 4.24. The Kier molecular flexibility index (Phi) is 4.65. The summed E-state index contributed by atoms with van der Waals surface area (Å²) in [5.41, 5.74) is 7.09. The Bertz CT molecular complexity index is 986. The van der Waals surface area contributed by atoms with Crippen molar-refractivity contribution in [2.75, 3.05) is 11.9 Å². The predicted octanol–water partition coefficient (Wildman–Crippen LogP) is 5.15. The Balaban J connectivity index is 1.64. The van der Waals surface area contributed by atoms with Crippen LogP contribution in [0.3, 0.4) is 0 Å². The van der Waals surface area contributed by atoms with E-state index in [2.05, 4.69) is 42.1 Å². The molecule has 0 saturated heterocycles. The lowest BCUT2D eigenvalue weighted by Crippen LogP contribution is -2.19. The highest BCUT2D eigenvalue weighted by Crippen LogP contribution is 2.38. The zero-order chi connectivity index (χ0) is 19.0. The molecule has 1 aromatic heterocycles. The highest BCUT2D eigenvalue weighted by Gasteiger charge is 2.26. The number of aryl methyl sites for hydroxylation is 3. The van der Waals surface area contributed by atoms with Gasteiger partial charge in [0.05, 0.1) is 18.2 Å². The normalized spacial score (nSPS) is 16.2. The number of carbonyl (C=O) groups is 1. The summed E-state index contributed by atoms with van der Waals surface area (Å²) in [6.07, 6.45) is 3.42. The van der Waals surface area contributed by atoms with Gasteiger partial charge < -0.3 is 14.6 Å². The maximum atomic E-state index is 11.8. The van der Waals surface area contributed by atoms with Crippen molar-refractivity contribution in [3.05, 3.63) is 64.8 Å². The summed E-state index contributed by atoms with van der Waals surface area (Å²) in [4.78, 5) is 11.8. The van der Waals surface area contributed by atoms with Gasteiger partial charge >= 0.3 is 5.97 Å². The topological polar surface area (TPSA) is 43.3 Å². The number of nitrogens with zero attached hydrogens (tertiary/aromatic N) is 1. The molecule has 1 atom stereocenters. The van der Waals surface area contributed by atoms with E-state index in [1.54, 1.807) is 0 Å². The standard InChI is InChI=1S/C23H26N2O2/c1-4-27-23(26)16-9-11-17(12-10-16)24-20-7-5-6-18-19-14-15(2)8-13-21(19)25(3)22(18)20/h8-14,20,24H,4-7H2,1-3H3/t20-/m0/s1. The van der Waals surface area contributed by atoms with Gasteiger partial charge in [-0.25, -0.2) is 4.79 Å². The van der Waals surface area contributed by atoms with E-state index in [-0.39, 0.29) is 12.0 Å². The van der Waals surface area contributed by atoms with Crippen molar-refractivity contribution in [1.29, 1.82) is 0 Å². The SMILES string of the molecule is CCOC(=O)c1ccc(N[C@H]2CCCc3c2n(C)c2ccc(C)cc32)cc1. The smallest absolute Gasteiger partial charge is 0.338 e. The van der Waals surface area contributed by atoms with E-state index in [9.17, 15) is 4.79 Å². The summed E-state index contributed by atoms with van der Waals surface area (Å²) < 4.78 is 7.40. The molecule has 0 amide bonds. The molecule has 1 aliphatic rings. The molecule has 0 spiro atoms. The van der Waals surface area contributed by atoms with Crippen LogP contribution in [0.2, 0.25) is 0 Å². The maximum absolute atomic E-state index is 11.8. The number of ether oxygens (including phenoxy) is 1. The van der Waals surface area contributed by atoms with Gasteiger partial charge in [-0.3, -0.25) is 0 Å². The van der Waals surface area contributed by atoms with Crippen LogP contribution in [-0.4, -0.2) is 17.1 Å². The van der Waals surface area contributed by atoms with Crippen molar-refractivity contribution in [2.24, 2.45) is 7.05 Å². The Labute approximate surface area is 160 Å². The second-order valence-corrected chi connectivity index (χ2v) is 7.33. The molecule has 0 radical (unpaired) electrons. The summed E-state index contributed by atoms with van der Waals surface area (Å²) in [6.45, 7) is 4.37. The molecule has 1 aliphatic carbocycles. The van der Waals surface area contributed by atoms with E-state index in [1.807, 2.05) is 31.2 Å². The van der Waals surface area contributed by atoms with E-state index in [0.29, 0.717) is 12.2 Å². The van der Waals surface area contributed by atoms with Gasteiger partial charge in [0.2, 0.25) is 0 Å². The third-order valence-corrected chi connectivity index (χ3v) is 5.50. The lowest BCUT2D eigenvalue weighted by atomic mass is 9.91. The first-order valence-electron chi connectivity index (χ1n) is 9.70. The molecule has 4 rings (SSSR count). The number of fused-ring (bicyclic) bond motifs is 3. The molecule has 3 aromatic rings. The van der Waals surface area contributed by atoms with Gasteiger partial charge in [-0.2, -0.15) is 0 Å². The molecule has 1 N–H and O–H groups in total. The molecule has 0 unspecified atom stereocenters. The molecule has 0 bridgehead atoms. The molecule has 140 valence electrons. The van der Waals surface area contributed by atoms with Crippen LogP contribution in [0, 0.1) is 6.92 Å². The van der Waals surface area contributed by atoms with E-state index < -0.39 is 0 Å². The van der Waals surface area contributed by atoms with Gasteiger partial charge in [0.1, 0.15) is 0 Å². The van der Waals surface area contributed by atoms with Crippen LogP contribution >= 0.6 is 0 Å². The number of hydrogen-bond donors (Lipinski definition) is 1. The molecule has 0 aliphatic heterocycles. The monoisotopic (exact) mass is 362 g/mol. The lowest BCUT2D eigenvalue weighted by Gasteiger charge is -2.26. The second-order valence-electron chi connectivity index (χ2n) is 7.33. The summed E-state index contributed by atoms with van der Waals surface area (Å²) in [6, 6.07) is 14.6. The molecular weight excluding hydrogens is 336 g/mol. The highest BCUT2D eigenvalue weighted by atomic mass is 16.5. The Morgan fingerprint density at radius 1 is 1.22 bits per heavy atom. The molecule has 4 nitrogen and oxygen atoms in total. The van der Waals surface area contributed by atoms with Crippen LogP contribution in [-0.2, 0) is 18.2 Å². The second kappa shape index (κ2) is 7.10. The van der Waals surface area contributed by atoms with Crippen LogP contribution in [0.1, 0.15) is 53.0 Å². The fraction of sp³-hybridized carbons (Fsp3) is 0.348.